The van der Waals surface area contributed by atoms with Crippen molar-refractivity contribution in [3.63, 3.8) is 0 Å². The van der Waals surface area contributed by atoms with Crippen LogP contribution in [0.2, 0.25) is 0 Å². The van der Waals surface area contributed by atoms with Gasteiger partial charge in [-0.05, 0) is 50.3 Å². The molecule has 0 spiro atoms. The first-order chi connectivity index (χ1) is 10.2. The fourth-order valence-electron chi connectivity index (χ4n) is 3.44. The average molecular weight is 291 g/mol. The Morgan fingerprint density at radius 1 is 1.14 bits per heavy atom. The van der Waals surface area contributed by atoms with Crippen LogP contribution in [0.25, 0.3) is 0 Å². The van der Waals surface area contributed by atoms with E-state index in [9.17, 15) is 0 Å². The van der Waals surface area contributed by atoms with Crippen molar-refractivity contribution >= 4 is 0 Å². The van der Waals surface area contributed by atoms with Gasteiger partial charge in [0.15, 0.2) is 18.3 Å². The zero-order chi connectivity index (χ0) is 14.7. The summed E-state index contributed by atoms with van der Waals surface area (Å²) in [7, 11) is 1.63. The van der Waals surface area contributed by atoms with Crippen LogP contribution in [-0.4, -0.2) is 32.1 Å². The molecule has 0 unspecified atom stereocenters. The lowest BCUT2D eigenvalue weighted by atomic mass is 9.85. The fourth-order valence-corrected chi connectivity index (χ4v) is 3.44. The monoisotopic (exact) mass is 291 g/mol. The second-order valence-corrected chi connectivity index (χ2v) is 6.20. The molecule has 0 aromatic heterocycles. The molecule has 116 valence electrons. The summed E-state index contributed by atoms with van der Waals surface area (Å²) in [5, 5.41) is 3.70. The Morgan fingerprint density at radius 2 is 1.90 bits per heavy atom. The van der Waals surface area contributed by atoms with E-state index in [1.807, 2.05) is 12.1 Å². The van der Waals surface area contributed by atoms with E-state index in [1.54, 1.807) is 7.11 Å². The van der Waals surface area contributed by atoms with Crippen LogP contribution in [0.1, 0.15) is 37.7 Å². The lowest BCUT2D eigenvalue weighted by Gasteiger charge is -2.40. The number of aryl methyl sites for hydroxylation is 1. The Balaban J connectivity index is 1.69. The second kappa shape index (κ2) is 6.67. The minimum absolute atomic E-state index is 0.247. The lowest BCUT2D eigenvalue weighted by Crippen LogP contribution is -2.51. The second-order valence-electron chi connectivity index (χ2n) is 6.20. The van der Waals surface area contributed by atoms with E-state index in [1.165, 1.54) is 19.3 Å². The molecule has 1 aromatic carbocycles. The molecule has 3 rings (SSSR count). The van der Waals surface area contributed by atoms with Crippen molar-refractivity contribution in [2.24, 2.45) is 0 Å². The molecule has 0 aliphatic carbocycles. The van der Waals surface area contributed by atoms with Crippen molar-refractivity contribution in [3.8, 4) is 11.5 Å². The highest BCUT2D eigenvalue weighted by Crippen LogP contribution is 2.33. The van der Waals surface area contributed by atoms with E-state index in [0.717, 1.165) is 29.9 Å². The van der Waals surface area contributed by atoms with E-state index in [2.05, 4.69) is 18.3 Å². The summed E-state index contributed by atoms with van der Waals surface area (Å²) in [5.41, 5.74) is 1.16. The molecule has 4 nitrogen and oxygen atoms in total. The summed E-state index contributed by atoms with van der Waals surface area (Å²) in [6.45, 7) is 2.30. The van der Waals surface area contributed by atoms with E-state index in [0.29, 0.717) is 12.1 Å². The normalized spacial score (nSPS) is 28.2. The number of fused-ring (bicyclic) bond motifs is 2. The predicted octanol–water partition coefficient (Wildman–Crippen LogP) is 3.03. The van der Waals surface area contributed by atoms with Gasteiger partial charge in [0.25, 0.3) is 0 Å². The van der Waals surface area contributed by atoms with E-state index < -0.39 is 0 Å². The fraction of sp³-hybridized carbons (Fsp3) is 0.647. The maximum absolute atomic E-state index is 6.25. The van der Waals surface area contributed by atoms with Gasteiger partial charge >= 0.3 is 0 Å². The topological polar surface area (TPSA) is 39.7 Å². The van der Waals surface area contributed by atoms with E-state index >= 15 is 0 Å². The molecule has 2 saturated heterocycles. The Kier molecular flexibility index (Phi) is 4.66. The van der Waals surface area contributed by atoms with Crippen LogP contribution in [0.4, 0.5) is 0 Å². The van der Waals surface area contributed by atoms with Gasteiger partial charge in [-0.25, -0.2) is 0 Å². The number of piperidine rings is 2. The van der Waals surface area contributed by atoms with E-state index in [-0.39, 0.29) is 12.9 Å². The van der Waals surface area contributed by atoms with Crippen molar-refractivity contribution < 1.29 is 14.2 Å². The molecule has 2 aliphatic heterocycles. The van der Waals surface area contributed by atoms with Crippen LogP contribution in [0.15, 0.2) is 18.2 Å². The molecule has 3 atom stereocenters. The molecular weight excluding hydrogens is 266 g/mol. The highest BCUT2D eigenvalue weighted by Gasteiger charge is 2.32. The van der Waals surface area contributed by atoms with Crippen LogP contribution < -0.4 is 14.8 Å². The Morgan fingerprint density at radius 3 is 2.62 bits per heavy atom. The summed E-state index contributed by atoms with van der Waals surface area (Å²) in [6, 6.07) is 7.33. The van der Waals surface area contributed by atoms with Gasteiger partial charge in [-0.1, -0.05) is 12.5 Å². The number of methoxy groups -OCH3 is 1. The third kappa shape index (κ3) is 3.69. The van der Waals surface area contributed by atoms with Crippen LogP contribution in [0.5, 0.6) is 11.5 Å². The average Bonchev–Trinajstić information content (AvgIpc) is 2.47. The quantitative estimate of drug-likeness (QED) is 0.847. The molecule has 1 N–H and O–H groups in total. The third-order valence-corrected chi connectivity index (χ3v) is 4.40. The predicted molar refractivity (Wildman–Crippen MR) is 81.9 cm³/mol. The molecule has 1 aromatic rings. The number of benzene rings is 1. The van der Waals surface area contributed by atoms with Gasteiger partial charge in [0.2, 0.25) is 0 Å². The van der Waals surface area contributed by atoms with Gasteiger partial charge < -0.3 is 19.5 Å². The molecule has 2 bridgehead atoms. The first-order valence-corrected chi connectivity index (χ1v) is 7.89. The maximum atomic E-state index is 6.25. The maximum Gasteiger partial charge on any atom is 0.188 e. The number of hydrogen-bond donors (Lipinski definition) is 1. The summed E-state index contributed by atoms with van der Waals surface area (Å²) < 4.78 is 16.9. The molecule has 4 heteroatoms. The number of ether oxygens (including phenoxy) is 3. The number of nitrogens with one attached hydrogen (secondary N) is 1. The lowest BCUT2D eigenvalue weighted by molar-refractivity contribution is 0.0430. The first kappa shape index (κ1) is 14.7. The molecule has 0 saturated carbocycles. The summed E-state index contributed by atoms with van der Waals surface area (Å²) in [5.74, 6) is 1.61. The molecule has 0 radical (unpaired) electrons. The van der Waals surface area contributed by atoms with Gasteiger partial charge in [0.05, 0.1) is 0 Å². The van der Waals surface area contributed by atoms with Gasteiger partial charge in [0, 0.05) is 19.2 Å². The molecule has 2 heterocycles. The standard InChI is InChI=1S/C17H25NO3/c1-12-6-7-16(17(8-12)20-11-19-2)21-15-9-13-4-3-5-14(10-15)18-13/h6-8,13-15,18H,3-5,9-11H2,1-2H3/t13-,14+,15+. The van der Waals surface area contributed by atoms with Crippen molar-refractivity contribution in [2.75, 3.05) is 13.9 Å². The highest BCUT2D eigenvalue weighted by molar-refractivity contribution is 5.42. The molecule has 2 fully saturated rings. The van der Waals surface area contributed by atoms with Crippen molar-refractivity contribution in [2.45, 2.75) is 57.2 Å². The summed E-state index contributed by atoms with van der Waals surface area (Å²) >= 11 is 0. The van der Waals surface area contributed by atoms with Crippen LogP contribution in [0, 0.1) is 6.92 Å². The summed E-state index contributed by atoms with van der Waals surface area (Å²) in [6.07, 6.45) is 6.37. The van der Waals surface area contributed by atoms with Gasteiger partial charge in [-0.3, -0.25) is 0 Å². The molecule has 0 amide bonds. The number of hydrogen-bond acceptors (Lipinski definition) is 4. The van der Waals surface area contributed by atoms with Gasteiger partial charge in [-0.15, -0.1) is 0 Å². The Bertz CT molecular complexity index is 465. The van der Waals surface area contributed by atoms with Crippen LogP contribution >= 0.6 is 0 Å². The van der Waals surface area contributed by atoms with Crippen molar-refractivity contribution in [3.05, 3.63) is 23.8 Å². The Hall–Kier alpha value is -1.26. The third-order valence-electron chi connectivity index (χ3n) is 4.40. The SMILES string of the molecule is COCOc1cc(C)ccc1O[C@H]1C[C@H]2CCC[C@@H](C1)N2. The molecule has 21 heavy (non-hydrogen) atoms. The summed E-state index contributed by atoms with van der Waals surface area (Å²) in [4.78, 5) is 0. The largest absolute Gasteiger partial charge is 0.486 e. The minimum atomic E-state index is 0.247. The number of rotatable bonds is 5. The minimum Gasteiger partial charge on any atom is -0.486 e. The van der Waals surface area contributed by atoms with Crippen LogP contribution in [-0.2, 0) is 4.74 Å². The van der Waals surface area contributed by atoms with E-state index in [4.69, 9.17) is 14.2 Å². The van der Waals surface area contributed by atoms with Crippen molar-refractivity contribution in [1.82, 2.24) is 5.32 Å². The van der Waals surface area contributed by atoms with Gasteiger partial charge in [-0.2, -0.15) is 0 Å². The Labute approximate surface area is 126 Å². The molecular formula is C17H25NO3. The van der Waals surface area contributed by atoms with Crippen LogP contribution in [0.3, 0.4) is 0 Å². The zero-order valence-corrected chi connectivity index (χ0v) is 12.9. The van der Waals surface area contributed by atoms with Crippen molar-refractivity contribution in [1.29, 1.82) is 0 Å². The first-order valence-electron chi connectivity index (χ1n) is 7.89. The van der Waals surface area contributed by atoms with Gasteiger partial charge in [0.1, 0.15) is 6.10 Å². The smallest absolute Gasteiger partial charge is 0.188 e. The highest BCUT2D eigenvalue weighted by atomic mass is 16.7. The molecule has 2 aliphatic rings. The zero-order valence-electron chi connectivity index (χ0n) is 12.9.